The third-order valence-electron chi connectivity index (χ3n) is 4.34. The normalized spacial score (nSPS) is 15.0. The minimum Gasteiger partial charge on any atom is -0.493 e. The van der Waals surface area contributed by atoms with E-state index in [0.717, 1.165) is 37.4 Å². The van der Waals surface area contributed by atoms with Crippen molar-refractivity contribution in [3.63, 3.8) is 0 Å². The Morgan fingerprint density at radius 1 is 0.909 bits per heavy atom. The Morgan fingerprint density at radius 2 is 1.64 bits per heavy atom. The molecule has 0 saturated heterocycles. The fourth-order valence-corrected chi connectivity index (χ4v) is 3.21. The molecule has 0 N–H and O–H groups in total. The van der Waals surface area contributed by atoms with E-state index < -0.39 is 0 Å². The van der Waals surface area contributed by atoms with Crippen LogP contribution in [0.1, 0.15) is 17.5 Å². The van der Waals surface area contributed by atoms with Gasteiger partial charge in [-0.05, 0) is 60.8 Å². The lowest BCUT2D eigenvalue weighted by molar-refractivity contribution is 0.323. The maximum absolute atomic E-state index is 5.51. The van der Waals surface area contributed by atoms with E-state index in [2.05, 4.69) is 48.3 Å². The van der Waals surface area contributed by atoms with E-state index in [1.807, 2.05) is 0 Å². The highest BCUT2D eigenvalue weighted by molar-refractivity contribution is 5.74. The number of hydrogen-bond donors (Lipinski definition) is 0. The summed E-state index contributed by atoms with van der Waals surface area (Å²) in [5.41, 5.74) is 5.26. The number of aryl methyl sites for hydroxylation is 1. The molecular weight excluding hydrogens is 274 g/mol. The number of fused-ring (bicyclic) bond motifs is 3. The molecule has 0 fully saturated rings. The van der Waals surface area contributed by atoms with E-state index in [1.165, 1.54) is 22.3 Å². The van der Waals surface area contributed by atoms with Crippen LogP contribution in [0.2, 0.25) is 0 Å². The first-order valence-corrected chi connectivity index (χ1v) is 7.74. The summed E-state index contributed by atoms with van der Waals surface area (Å²) < 4.78 is 11.0. The van der Waals surface area contributed by atoms with E-state index in [-0.39, 0.29) is 0 Å². The molecule has 2 aromatic rings. The quantitative estimate of drug-likeness (QED) is 0.842. The zero-order chi connectivity index (χ0) is 15.5. The van der Waals surface area contributed by atoms with E-state index in [9.17, 15) is 0 Å². The molecule has 2 aromatic carbocycles. The highest BCUT2D eigenvalue weighted by atomic mass is 16.5. The average molecular weight is 297 g/mol. The van der Waals surface area contributed by atoms with Gasteiger partial charge in [0.2, 0.25) is 0 Å². The lowest BCUT2D eigenvalue weighted by Crippen LogP contribution is -2.19. The van der Waals surface area contributed by atoms with Gasteiger partial charge >= 0.3 is 0 Å². The van der Waals surface area contributed by atoms with Crippen LogP contribution >= 0.6 is 0 Å². The number of nitrogens with zero attached hydrogens (tertiary/aromatic N) is 1. The van der Waals surface area contributed by atoms with Gasteiger partial charge in [0.15, 0.2) is 11.5 Å². The van der Waals surface area contributed by atoms with Crippen molar-refractivity contribution in [2.45, 2.75) is 19.4 Å². The van der Waals surface area contributed by atoms with Crippen molar-refractivity contribution in [3.8, 4) is 22.6 Å². The number of methoxy groups -OCH3 is 2. The monoisotopic (exact) mass is 297 g/mol. The molecule has 0 aromatic heterocycles. The minimum absolute atomic E-state index is 0.795. The Kier molecular flexibility index (Phi) is 4.34. The standard InChI is InChI=1S/C19H23NO2/c1-20-10-6-8-14-11-18(21-2)19(22-3)12-17(14)16-9-5-4-7-15(16)13-20/h4-5,7,9,11-12H,6,8,10,13H2,1-3H3. The number of benzene rings is 2. The molecule has 116 valence electrons. The molecule has 0 aliphatic carbocycles. The van der Waals surface area contributed by atoms with Gasteiger partial charge in [-0.3, -0.25) is 0 Å². The van der Waals surface area contributed by atoms with Crippen molar-refractivity contribution in [2.24, 2.45) is 0 Å². The smallest absolute Gasteiger partial charge is 0.161 e. The number of hydrogen-bond acceptors (Lipinski definition) is 3. The van der Waals surface area contributed by atoms with Gasteiger partial charge in [-0.1, -0.05) is 24.3 Å². The topological polar surface area (TPSA) is 21.7 Å². The second-order valence-electron chi connectivity index (χ2n) is 5.86. The van der Waals surface area contributed by atoms with E-state index in [0.29, 0.717) is 0 Å². The summed E-state index contributed by atoms with van der Waals surface area (Å²) in [5.74, 6) is 1.61. The van der Waals surface area contributed by atoms with Gasteiger partial charge in [-0.15, -0.1) is 0 Å². The van der Waals surface area contributed by atoms with Crippen molar-refractivity contribution in [3.05, 3.63) is 47.5 Å². The molecule has 0 unspecified atom stereocenters. The van der Waals surface area contributed by atoms with Gasteiger partial charge in [0.1, 0.15) is 0 Å². The summed E-state index contributed by atoms with van der Waals surface area (Å²) >= 11 is 0. The Bertz CT molecular complexity index is 666. The van der Waals surface area contributed by atoms with Gasteiger partial charge in [-0.2, -0.15) is 0 Å². The summed E-state index contributed by atoms with van der Waals surface area (Å²) in [6.07, 6.45) is 2.20. The fourth-order valence-electron chi connectivity index (χ4n) is 3.21. The molecule has 0 atom stereocenters. The lowest BCUT2D eigenvalue weighted by Gasteiger charge is -2.17. The molecule has 1 aliphatic rings. The summed E-state index contributed by atoms with van der Waals surface area (Å²) in [7, 11) is 5.58. The first-order valence-electron chi connectivity index (χ1n) is 7.74. The van der Waals surface area contributed by atoms with Crippen LogP contribution in [0.4, 0.5) is 0 Å². The van der Waals surface area contributed by atoms with Crippen molar-refractivity contribution in [2.75, 3.05) is 27.8 Å². The Hall–Kier alpha value is -2.00. The average Bonchev–Trinajstić information content (AvgIpc) is 2.60. The summed E-state index contributed by atoms with van der Waals surface area (Å²) in [6, 6.07) is 12.9. The van der Waals surface area contributed by atoms with E-state index in [4.69, 9.17) is 9.47 Å². The van der Waals surface area contributed by atoms with Crippen molar-refractivity contribution in [1.82, 2.24) is 4.90 Å². The van der Waals surface area contributed by atoms with Crippen LogP contribution in [0.25, 0.3) is 11.1 Å². The molecule has 0 radical (unpaired) electrons. The van der Waals surface area contributed by atoms with Gasteiger partial charge in [0.05, 0.1) is 14.2 Å². The zero-order valence-corrected chi connectivity index (χ0v) is 13.6. The van der Waals surface area contributed by atoms with Gasteiger partial charge in [0.25, 0.3) is 0 Å². The maximum atomic E-state index is 5.51. The lowest BCUT2D eigenvalue weighted by atomic mass is 9.93. The van der Waals surface area contributed by atoms with Gasteiger partial charge < -0.3 is 14.4 Å². The summed E-state index contributed by atoms with van der Waals surface area (Å²) in [5, 5.41) is 0. The van der Waals surface area contributed by atoms with Crippen LogP contribution in [0.5, 0.6) is 11.5 Å². The molecule has 1 aliphatic heterocycles. The number of rotatable bonds is 2. The first kappa shape index (κ1) is 14.9. The Morgan fingerprint density at radius 3 is 2.41 bits per heavy atom. The van der Waals surface area contributed by atoms with Crippen LogP contribution in [0.3, 0.4) is 0 Å². The van der Waals surface area contributed by atoms with Crippen LogP contribution in [0.15, 0.2) is 36.4 Å². The third kappa shape index (κ3) is 2.81. The van der Waals surface area contributed by atoms with Crippen LogP contribution in [-0.2, 0) is 13.0 Å². The molecule has 0 amide bonds. The Labute approximate surface area is 132 Å². The van der Waals surface area contributed by atoms with Crippen molar-refractivity contribution >= 4 is 0 Å². The first-order chi connectivity index (χ1) is 10.7. The second kappa shape index (κ2) is 6.41. The predicted octanol–water partition coefficient (Wildman–Crippen LogP) is 3.75. The van der Waals surface area contributed by atoms with Crippen molar-refractivity contribution < 1.29 is 9.47 Å². The molecule has 3 rings (SSSR count). The summed E-state index contributed by atoms with van der Waals surface area (Å²) in [4.78, 5) is 2.39. The molecule has 3 heteroatoms. The second-order valence-corrected chi connectivity index (χ2v) is 5.86. The highest BCUT2D eigenvalue weighted by Gasteiger charge is 2.17. The molecule has 22 heavy (non-hydrogen) atoms. The summed E-state index contributed by atoms with van der Waals surface area (Å²) in [6.45, 7) is 2.08. The van der Waals surface area contributed by atoms with E-state index >= 15 is 0 Å². The van der Waals surface area contributed by atoms with Crippen molar-refractivity contribution in [1.29, 1.82) is 0 Å². The molecule has 1 heterocycles. The van der Waals surface area contributed by atoms with Crippen LogP contribution < -0.4 is 9.47 Å². The molecule has 3 nitrogen and oxygen atoms in total. The van der Waals surface area contributed by atoms with E-state index in [1.54, 1.807) is 14.2 Å². The Balaban J connectivity index is 2.20. The molecule has 0 saturated carbocycles. The zero-order valence-electron chi connectivity index (χ0n) is 13.6. The minimum atomic E-state index is 0.795. The highest BCUT2D eigenvalue weighted by Crippen LogP contribution is 2.38. The fraction of sp³-hybridized carbons (Fsp3) is 0.368. The number of ether oxygens (including phenoxy) is 2. The van der Waals surface area contributed by atoms with Gasteiger partial charge in [-0.25, -0.2) is 0 Å². The van der Waals surface area contributed by atoms with Crippen LogP contribution in [-0.4, -0.2) is 32.7 Å². The third-order valence-corrected chi connectivity index (χ3v) is 4.34. The maximum Gasteiger partial charge on any atom is 0.161 e. The van der Waals surface area contributed by atoms with Gasteiger partial charge in [0, 0.05) is 6.54 Å². The molecule has 0 bridgehead atoms. The molecule has 0 spiro atoms. The van der Waals surface area contributed by atoms with Crippen LogP contribution in [0, 0.1) is 0 Å². The largest absolute Gasteiger partial charge is 0.493 e. The SMILES string of the molecule is COc1cc2c(cc1OC)-c1ccccc1CN(C)CCC2. The predicted molar refractivity (Wildman–Crippen MR) is 89.6 cm³/mol. The molecular formula is C19H23NO2.